The van der Waals surface area contributed by atoms with Crippen molar-refractivity contribution in [1.29, 1.82) is 0 Å². The molecule has 1 heterocycles. The van der Waals surface area contributed by atoms with Crippen molar-refractivity contribution < 1.29 is 18.0 Å². The Kier molecular flexibility index (Phi) is 7.01. The van der Waals surface area contributed by atoms with E-state index in [1.807, 2.05) is 6.92 Å². The van der Waals surface area contributed by atoms with Crippen molar-refractivity contribution in [3.63, 3.8) is 0 Å². The summed E-state index contributed by atoms with van der Waals surface area (Å²) >= 11 is 9.69. The van der Waals surface area contributed by atoms with Crippen LogP contribution in [0.4, 0.5) is 18.9 Å². The van der Waals surface area contributed by atoms with Gasteiger partial charge in [-0.25, -0.2) is 0 Å². The second-order valence-corrected chi connectivity index (χ2v) is 9.19. The Labute approximate surface area is 159 Å². The van der Waals surface area contributed by atoms with Crippen LogP contribution in [0.5, 0.6) is 0 Å². The molecule has 0 radical (unpaired) electrons. The van der Waals surface area contributed by atoms with Crippen molar-refractivity contribution >= 4 is 58.1 Å². The van der Waals surface area contributed by atoms with E-state index in [1.54, 1.807) is 18.7 Å². The third-order valence-electron chi connectivity index (χ3n) is 2.84. The summed E-state index contributed by atoms with van der Waals surface area (Å²) in [5.74, 6) is 0.438. The topological polar surface area (TPSA) is 54.9 Å². The highest BCUT2D eigenvalue weighted by Crippen LogP contribution is 2.36. The first kappa shape index (κ1) is 20.3. The summed E-state index contributed by atoms with van der Waals surface area (Å²) in [4.78, 5) is 12.2. The number of carbonyl (C=O) groups is 1. The molecule has 2 aromatic rings. The van der Waals surface area contributed by atoms with Crippen molar-refractivity contribution in [1.82, 2.24) is 10.2 Å². The number of halogens is 4. The van der Waals surface area contributed by atoms with E-state index in [0.29, 0.717) is 4.34 Å². The molecule has 1 atom stereocenters. The van der Waals surface area contributed by atoms with Gasteiger partial charge in [0.15, 0.2) is 8.68 Å². The summed E-state index contributed by atoms with van der Waals surface area (Å²) in [6.07, 6.45) is -4.59. The number of hydrogen-bond donors (Lipinski definition) is 1. The maximum absolute atomic E-state index is 12.9. The molecule has 2 rings (SSSR count). The molecule has 0 aliphatic carbocycles. The molecule has 0 saturated heterocycles. The van der Waals surface area contributed by atoms with Gasteiger partial charge in [0.05, 0.1) is 15.8 Å². The van der Waals surface area contributed by atoms with Crippen LogP contribution in [0.25, 0.3) is 0 Å². The predicted octanol–water partition coefficient (Wildman–Crippen LogP) is 5.44. The first-order chi connectivity index (χ1) is 11.7. The molecule has 1 N–H and O–H groups in total. The maximum Gasteiger partial charge on any atom is 0.417 e. The van der Waals surface area contributed by atoms with Gasteiger partial charge in [0, 0.05) is 5.69 Å². The highest BCUT2D eigenvalue weighted by molar-refractivity contribution is 8.03. The number of amides is 1. The van der Waals surface area contributed by atoms with Gasteiger partial charge in [-0.15, -0.1) is 10.2 Å². The number of nitrogens with zero attached hydrogens (tertiary/aromatic N) is 2. The Morgan fingerprint density at radius 3 is 2.68 bits per heavy atom. The van der Waals surface area contributed by atoms with Crippen LogP contribution < -0.4 is 5.32 Å². The number of carbonyl (C=O) groups excluding carboxylic acids is 1. The Morgan fingerprint density at radius 1 is 1.36 bits per heavy atom. The van der Waals surface area contributed by atoms with Gasteiger partial charge in [-0.05, 0) is 30.9 Å². The number of hydrogen-bond acceptors (Lipinski definition) is 6. The lowest BCUT2D eigenvalue weighted by atomic mass is 10.2. The van der Waals surface area contributed by atoms with E-state index in [2.05, 4.69) is 15.5 Å². The third-order valence-corrected chi connectivity index (χ3v) is 6.29. The Morgan fingerprint density at radius 2 is 2.04 bits per heavy atom. The molecule has 1 aromatic heterocycles. The lowest BCUT2D eigenvalue weighted by Gasteiger charge is -2.13. The Balaban J connectivity index is 2.03. The van der Waals surface area contributed by atoms with Crippen molar-refractivity contribution in [2.24, 2.45) is 0 Å². The summed E-state index contributed by atoms with van der Waals surface area (Å²) in [6, 6.07) is 3.25. The van der Waals surface area contributed by atoms with Crippen LogP contribution in [0.15, 0.2) is 26.9 Å². The van der Waals surface area contributed by atoms with Crippen LogP contribution in [-0.2, 0) is 11.0 Å². The number of alkyl halides is 3. The largest absolute Gasteiger partial charge is 0.417 e. The highest BCUT2D eigenvalue weighted by Gasteiger charge is 2.33. The molecule has 0 bridgehead atoms. The minimum atomic E-state index is -4.59. The quantitative estimate of drug-likeness (QED) is 0.622. The minimum Gasteiger partial charge on any atom is -0.325 e. The van der Waals surface area contributed by atoms with Gasteiger partial charge < -0.3 is 5.32 Å². The molecule has 0 aliphatic heterocycles. The van der Waals surface area contributed by atoms with Crippen LogP contribution in [0.3, 0.4) is 0 Å². The SMILES string of the molecule is CCSc1nnc(SC(C)C(=O)Nc2ccc(Cl)c(C(F)(F)F)c2)s1. The van der Waals surface area contributed by atoms with E-state index in [1.165, 1.54) is 29.2 Å². The summed E-state index contributed by atoms with van der Waals surface area (Å²) < 4.78 is 40.0. The number of thioether (sulfide) groups is 2. The fourth-order valence-electron chi connectivity index (χ4n) is 1.70. The molecule has 136 valence electrons. The summed E-state index contributed by atoms with van der Waals surface area (Å²) in [5, 5.41) is 9.48. The van der Waals surface area contributed by atoms with Crippen LogP contribution in [0.1, 0.15) is 19.4 Å². The van der Waals surface area contributed by atoms with Crippen molar-refractivity contribution in [2.75, 3.05) is 11.1 Å². The smallest absolute Gasteiger partial charge is 0.325 e. The molecule has 1 amide bonds. The van der Waals surface area contributed by atoms with Crippen LogP contribution in [0, 0.1) is 0 Å². The average Bonchev–Trinajstić information content (AvgIpc) is 2.95. The molecule has 25 heavy (non-hydrogen) atoms. The number of anilines is 1. The van der Waals surface area contributed by atoms with Crippen molar-refractivity contribution in [3.05, 3.63) is 28.8 Å². The van der Waals surface area contributed by atoms with E-state index >= 15 is 0 Å². The van der Waals surface area contributed by atoms with Crippen molar-refractivity contribution in [2.45, 2.75) is 34.0 Å². The minimum absolute atomic E-state index is 0.0358. The van der Waals surface area contributed by atoms with Gasteiger partial charge in [-0.1, -0.05) is 53.4 Å². The first-order valence-corrected chi connectivity index (χ1v) is 10.1. The lowest BCUT2D eigenvalue weighted by Crippen LogP contribution is -2.22. The molecule has 4 nitrogen and oxygen atoms in total. The van der Waals surface area contributed by atoms with E-state index in [0.717, 1.165) is 22.2 Å². The van der Waals surface area contributed by atoms with Crippen molar-refractivity contribution in [3.8, 4) is 0 Å². The van der Waals surface area contributed by atoms with Gasteiger partial charge in [-0.3, -0.25) is 4.79 Å². The molecule has 1 aromatic carbocycles. The summed E-state index contributed by atoms with van der Waals surface area (Å²) in [5.41, 5.74) is -0.953. The van der Waals surface area contributed by atoms with Gasteiger partial charge in [0.25, 0.3) is 0 Å². The first-order valence-electron chi connectivity index (χ1n) is 7.01. The third kappa shape index (κ3) is 5.77. The monoisotopic (exact) mass is 427 g/mol. The van der Waals surface area contributed by atoms with E-state index in [9.17, 15) is 18.0 Å². The van der Waals surface area contributed by atoms with Gasteiger partial charge in [0.2, 0.25) is 5.91 Å². The fraction of sp³-hybridized carbons (Fsp3) is 0.357. The lowest BCUT2D eigenvalue weighted by molar-refractivity contribution is -0.137. The molecular weight excluding hydrogens is 415 g/mol. The van der Waals surface area contributed by atoms with E-state index in [-0.39, 0.29) is 5.69 Å². The zero-order valence-electron chi connectivity index (χ0n) is 13.1. The molecular formula is C14H13ClF3N3OS3. The number of nitrogens with one attached hydrogen (secondary N) is 1. The van der Waals surface area contributed by atoms with Gasteiger partial charge in [-0.2, -0.15) is 13.2 Å². The molecule has 0 saturated carbocycles. The molecule has 1 unspecified atom stereocenters. The summed E-state index contributed by atoms with van der Waals surface area (Å²) in [7, 11) is 0. The number of rotatable bonds is 6. The van der Waals surface area contributed by atoms with Gasteiger partial charge >= 0.3 is 6.18 Å². The number of benzene rings is 1. The average molecular weight is 428 g/mol. The molecule has 0 spiro atoms. The fourth-order valence-corrected chi connectivity index (χ4v) is 4.98. The molecule has 0 aliphatic rings. The van der Waals surface area contributed by atoms with E-state index in [4.69, 9.17) is 11.6 Å². The van der Waals surface area contributed by atoms with Crippen LogP contribution in [-0.4, -0.2) is 27.1 Å². The standard InChI is InChI=1S/C14H13ClF3N3OS3/c1-3-23-12-20-21-13(25-12)24-7(2)11(22)19-8-4-5-10(15)9(6-8)14(16,17)18/h4-7H,3H2,1-2H3,(H,19,22). The number of aromatic nitrogens is 2. The zero-order chi connectivity index (χ0) is 18.6. The van der Waals surface area contributed by atoms with Crippen LogP contribution >= 0.6 is 46.5 Å². The zero-order valence-corrected chi connectivity index (χ0v) is 16.3. The molecule has 0 fully saturated rings. The second kappa shape index (κ2) is 8.61. The van der Waals surface area contributed by atoms with E-state index < -0.39 is 27.9 Å². The predicted molar refractivity (Wildman–Crippen MR) is 96.7 cm³/mol. The second-order valence-electron chi connectivity index (χ2n) is 4.71. The normalized spacial score (nSPS) is 12.9. The van der Waals surface area contributed by atoms with Crippen LogP contribution in [0.2, 0.25) is 5.02 Å². The maximum atomic E-state index is 12.9. The summed E-state index contributed by atoms with van der Waals surface area (Å²) in [6.45, 7) is 3.64. The Bertz CT molecular complexity index is 754. The molecule has 11 heteroatoms. The van der Waals surface area contributed by atoms with Gasteiger partial charge in [0.1, 0.15) is 0 Å². The Hall–Kier alpha value is -0.970. The highest BCUT2D eigenvalue weighted by atomic mass is 35.5.